The van der Waals surface area contributed by atoms with Crippen molar-refractivity contribution in [3.8, 4) is 0 Å². The number of hydrogen-bond acceptors (Lipinski definition) is 0. The van der Waals surface area contributed by atoms with E-state index in [0.717, 1.165) is 0 Å². The van der Waals surface area contributed by atoms with E-state index in [1.807, 2.05) is 45.9 Å². The number of rotatable bonds is 0. The van der Waals surface area contributed by atoms with E-state index in [2.05, 4.69) is 57.2 Å². The summed E-state index contributed by atoms with van der Waals surface area (Å²) in [5.74, 6) is 0. The summed E-state index contributed by atoms with van der Waals surface area (Å²) in [7, 11) is 0. The molecule has 0 saturated heterocycles. The van der Waals surface area contributed by atoms with Crippen LogP contribution in [0, 0.1) is 20.8 Å². The zero-order valence-electron chi connectivity index (χ0n) is 13.7. The summed E-state index contributed by atoms with van der Waals surface area (Å²) in [4.78, 5) is 0. The zero-order chi connectivity index (χ0) is 15.1. The highest BCUT2D eigenvalue weighted by atomic mass is 13.9. The molecule has 0 heterocycles. The van der Waals surface area contributed by atoms with E-state index in [0.29, 0.717) is 0 Å². The second-order valence-corrected chi connectivity index (χ2v) is 3.74. The average molecular weight is 258 g/mol. The molecule has 0 aliphatic rings. The second kappa shape index (κ2) is 14.5. The average Bonchev–Trinajstić information content (AvgIpc) is 2.48. The van der Waals surface area contributed by atoms with Gasteiger partial charge in [-0.2, -0.15) is 0 Å². The van der Waals surface area contributed by atoms with Crippen molar-refractivity contribution >= 4 is 0 Å². The molecule has 0 radical (unpaired) electrons. The van der Waals surface area contributed by atoms with Gasteiger partial charge in [-0.05, 0) is 31.9 Å². The van der Waals surface area contributed by atoms with Crippen molar-refractivity contribution in [2.24, 2.45) is 0 Å². The van der Waals surface area contributed by atoms with Crippen molar-refractivity contribution < 1.29 is 0 Å². The van der Waals surface area contributed by atoms with Crippen LogP contribution in [-0.4, -0.2) is 0 Å². The van der Waals surface area contributed by atoms with Gasteiger partial charge in [0.25, 0.3) is 0 Å². The van der Waals surface area contributed by atoms with Crippen LogP contribution in [0.1, 0.15) is 44.4 Å². The van der Waals surface area contributed by atoms with Crippen LogP contribution in [0.3, 0.4) is 0 Å². The van der Waals surface area contributed by atoms with Crippen molar-refractivity contribution in [2.75, 3.05) is 0 Å². The second-order valence-electron chi connectivity index (χ2n) is 3.74. The Labute approximate surface area is 120 Å². The largest absolute Gasteiger partial charge is 0.0683 e. The fourth-order valence-corrected chi connectivity index (χ4v) is 1.20. The summed E-state index contributed by atoms with van der Waals surface area (Å²) in [5.41, 5.74) is 4.06. The van der Waals surface area contributed by atoms with Crippen molar-refractivity contribution in [3.05, 3.63) is 71.3 Å². The maximum atomic E-state index is 2.12. The van der Waals surface area contributed by atoms with E-state index < -0.39 is 0 Å². The van der Waals surface area contributed by atoms with E-state index in [1.165, 1.54) is 16.7 Å². The molecule has 0 aliphatic heterocycles. The highest BCUT2D eigenvalue weighted by Crippen LogP contribution is 2.02. The first-order valence-electron chi connectivity index (χ1n) is 7.24. The first-order valence-corrected chi connectivity index (χ1v) is 7.24. The van der Waals surface area contributed by atoms with Crippen LogP contribution >= 0.6 is 0 Å². The minimum atomic E-state index is 1.32. The smallest absolute Gasteiger partial charge is 0.0395 e. The normalized spacial score (nSPS) is 7.74. The van der Waals surface area contributed by atoms with Crippen molar-refractivity contribution in [3.63, 3.8) is 0 Å². The zero-order valence-corrected chi connectivity index (χ0v) is 13.7. The third kappa shape index (κ3) is 11.3. The third-order valence-electron chi connectivity index (χ3n) is 2.37. The molecule has 2 aromatic carbocycles. The molecule has 19 heavy (non-hydrogen) atoms. The molecule has 2 rings (SSSR count). The Morgan fingerprint density at radius 3 is 1.00 bits per heavy atom. The predicted molar refractivity (Wildman–Crippen MR) is 89.8 cm³/mol. The molecule has 0 N–H and O–H groups in total. The highest BCUT2D eigenvalue weighted by molar-refractivity contribution is 5.23. The molecule has 0 saturated carbocycles. The molecule has 0 spiro atoms. The molecule has 0 aliphatic carbocycles. The summed E-state index contributed by atoms with van der Waals surface area (Å²) in [5, 5.41) is 0. The van der Waals surface area contributed by atoms with E-state index >= 15 is 0 Å². The lowest BCUT2D eigenvalue weighted by atomic mass is 10.1. The summed E-state index contributed by atoms with van der Waals surface area (Å²) >= 11 is 0. The maximum absolute atomic E-state index is 2.12. The minimum Gasteiger partial charge on any atom is -0.0683 e. The van der Waals surface area contributed by atoms with E-state index in [9.17, 15) is 0 Å². The predicted octanol–water partition coefficient (Wildman–Crippen LogP) is 6.35. The Kier molecular flexibility index (Phi) is 15.1. The first-order chi connectivity index (χ1) is 9.20. The van der Waals surface area contributed by atoms with E-state index in [4.69, 9.17) is 0 Å². The lowest BCUT2D eigenvalue weighted by Gasteiger charge is -1.93. The van der Waals surface area contributed by atoms with E-state index in [1.54, 1.807) is 0 Å². The molecule has 0 aromatic heterocycles. The van der Waals surface area contributed by atoms with Crippen molar-refractivity contribution in [1.29, 1.82) is 0 Å². The molecular weight excluding hydrogens is 228 g/mol. The summed E-state index contributed by atoms with van der Waals surface area (Å²) < 4.78 is 0. The summed E-state index contributed by atoms with van der Waals surface area (Å²) in [6.45, 7) is 14.3. The van der Waals surface area contributed by atoms with Crippen LogP contribution in [0.2, 0.25) is 0 Å². The summed E-state index contributed by atoms with van der Waals surface area (Å²) in [6.07, 6.45) is 0. The lowest BCUT2D eigenvalue weighted by Crippen LogP contribution is -1.74. The Hall–Kier alpha value is -1.56. The molecule has 0 nitrogen and oxygen atoms in total. The van der Waals surface area contributed by atoms with Crippen LogP contribution in [0.25, 0.3) is 0 Å². The Bertz CT molecular complexity index is 367. The monoisotopic (exact) mass is 258 g/mol. The molecule has 106 valence electrons. The van der Waals surface area contributed by atoms with Gasteiger partial charge >= 0.3 is 0 Å². The molecule has 0 amide bonds. The van der Waals surface area contributed by atoms with Gasteiger partial charge in [-0.1, -0.05) is 87.9 Å². The van der Waals surface area contributed by atoms with Gasteiger partial charge < -0.3 is 0 Å². The van der Waals surface area contributed by atoms with Gasteiger partial charge in [0.15, 0.2) is 0 Å². The molecular formula is C19H30. The molecule has 0 unspecified atom stereocenters. The first kappa shape index (κ1) is 19.8. The Morgan fingerprint density at radius 2 is 0.789 bits per heavy atom. The van der Waals surface area contributed by atoms with Gasteiger partial charge in [0, 0.05) is 0 Å². The van der Waals surface area contributed by atoms with E-state index in [-0.39, 0.29) is 0 Å². The standard InChI is InChI=1S/C8H10.C7H8.2C2H6/c1-7-5-3-4-6-8(7)2;1-7-5-3-2-4-6-7;2*1-2/h3-6H,1-2H3;2-6H,1H3;2*1-2H3. The van der Waals surface area contributed by atoms with Crippen molar-refractivity contribution in [1.82, 2.24) is 0 Å². The molecule has 0 heteroatoms. The van der Waals surface area contributed by atoms with Gasteiger partial charge in [0.05, 0.1) is 0 Å². The van der Waals surface area contributed by atoms with Crippen LogP contribution in [0.4, 0.5) is 0 Å². The topological polar surface area (TPSA) is 0 Å². The Balaban J connectivity index is 0. The third-order valence-corrected chi connectivity index (χ3v) is 2.37. The van der Waals surface area contributed by atoms with Crippen LogP contribution in [0.15, 0.2) is 54.6 Å². The fraction of sp³-hybridized carbons (Fsp3) is 0.368. The van der Waals surface area contributed by atoms with Crippen LogP contribution < -0.4 is 0 Å². The van der Waals surface area contributed by atoms with Crippen molar-refractivity contribution in [2.45, 2.75) is 48.5 Å². The van der Waals surface area contributed by atoms with Gasteiger partial charge in [-0.25, -0.2) is 0 Å². The van der Waals surface area contributed by atoms with Gasteiger partial charge in [-0.3, -0.25) is 0 Å². The molecule has 0 atom stereocenters. The number of benzene rings is 2. The fourth-order valence-electron chi connectivity index (χ4n) is 1.20. The molecule has 2 aromatic rings. The van der Waals surface area contributed by atoms with Gasteiger partial charge in [-0.15, -0.1) is 0 Å². The molecule has 0 fully saturated rings. The van der Waals surface area contributed by atoms with Gasteiger partial charge in [0.1, 0.15) is 0 Å². The SMILES string of the molecule is CC.CC.Cc1ccccc1.Cc1ccccc1C. The summed E-state index contributed by atoms with van der Waals surface area (Å²) in [6, 6.07) is 18.6. The van der Waals surface area contributed by atoms with Crippen LogP contribution in [0.5, 0.6) is 0 Å². The van der Waals surface area contributed by atoms with Gasteiger partial charge in [0.2, 0.25) is 0 Å². The Morgan fingerprint density at radius 1 is 0.474 bits per heavy atom. The molecule has 0 bridgehead atoms. The number of aryl methyl sites for hydroxylation is 3. The minimum absolute atomic E-state index is 1.32. The maximum Gasteiger partial charge on any atom is -0.0395 e. The highest BCUT2D eigenvalue weighted by Gasteiger charge is 1.83. The lowest BCUT2D eigenvalue weighted by molar-refractivity contribution is 1.34. The quantitative estimate of drug-likeness (QED) is 0.516. The van der Waals surface area contributed by atoms with Crippen LogP contribution in [-0.2, 0) is 0 Å². The number of hydrogen-bond donors (Lipinski definition) is 0.